The molecule has 80 valence electrons. The smallest absolute Gasteiger partial charge is 0.0932 e. The topological polar surface area (TPSA) is 48.9 Å². The lowest BCUT2D eigenvalue weighted by atomic mass is 10.1. The number of nitrogens with zero attached hydrogens (tertiary/aromatic N) is 1. The largest absolute Gasteiger partial charge is 0.387 e. The summed E-state index contributed by atoms with van der Waals surface area (Å²) in [6.07, 6.45) is 1.25. The highest BCUT2D eigenvalue weighted by Gasteiger charge is 2.07. The minimum atomic E-state index is -0.530. The Morgan fingerprint density at radius 1 is 1.19 bits per heavy atom. The Balaban J connectivity index is 2.40. The van der Waals surface area contributed by atoms with Crippen LogP contribution in [0.25, 0.3) is 21.8 Å². The third-order valence-corrected chi connectivity index (χ3v) is 2.84. The first-order chi connectivity index (χ1) is 7.75. The number of para-hydroxylation sites is 1. The van der Waals surface area contributed by atoms with E-state index >= 15 is 0 Å². The number of aliphatic hydroxyl groups is 1. The number of aliphatic hydroxyl groups excluding tert-OH is 1. The van der Waals surface area contributed by atoms with Crippen molar-refractivity contribution in [2.45, 2.75) is 13.0 Å². The van der Waals surface area contributed by atoms with Crippen molar-refractivity contribution in [3.05, 3.63) is 42.2 Å². The molecular formula is C13H12N2O. The monoisotopic (exact) mass is 212 g/mol. The third-order valence-electron chi connectivity index (χ3n) is 2.84. The van der Waals surface area contributed by atoms with Gasteiger partial charge in [0.1, 0.15) is 0 Å². The molecule has 3 aromatic rings. The van der Waals surface area contributed by atoms with Gasteiger partial charge in [-0.25, -0.2) is 0 Å². The summed E-state index contributed by atoms with van der Waals surface area (Å²) in [4.78, 5) is 7.52. The molecule has 0 radical (unpaired) electrons. The molecular weight excluding hydrogens is 200 g/mol. The summed E-state index contributed by atoms with van der Waals surface area (Å²) in [6, 6.07) is 10.1. The van der Waals surface area contributed by atoms with Crippen LogP contribution in [-0.2, 0) is 0 Å². The van der Waals surface area contributed by atoms with E-state index in [2.05, 4.69) is 16.0 Å². The van der Waals surface area contributed by atoms with E-state index in [0.717, 1.165) is 16.4 Å². The fraction of sp³-hybridized carbons (Fsp3) is 0.154. The number of fused-ring (bicyclic) bond motifs is 3. The molecule has 1 aromatic carbocycles. The summed E-state index contributed by atoms with van der Waals surface area (Å²) in [5.74, 6) is 0. The van der Waals surface area contributed by atoms with Crippen LogP contribution in [0.1, 0.15) is 18.7 Å². The van der Waals surface area contributed by atoms with Crippen LogP contribution < -0.4 is 0 Å². The van der Waals surface area contributed by atoms with Crippen LogP contribution in [0.15, 0.2) is 36.5 Å². The molecule has 16 heavy (non-hydrogen) atoms. The SMILES string of the molecule is CC(O)c1cc2c(cn1)[nH]c1ccccc12. The highest BCUT2D eigenvalue weighted by atomic mass is 16.3. The van der Waals surface area contributed by atoms with Crippen molar-refractivity contribution in [3.8, 4) is 0 Å². The quantitative estimate of drug-likeness (QED) is 0.651. The predicted octanol–water partition coefficient (Wildman–Crippen LogP) is 2.77. The second kappa shape index (κ2) is 3.32. The van der Waals surface area contributed by atoms with Gasteiger partial charge in [-0.05, 0) is 19.1 Å². The number of rotatable bonds is 1. The predicted molar refractivity (Wildman–Crippen MR) is 64.2 cm³/mol. The van der Waals surface area contributed by atoms with E-state index < -0.39 is 6.10 Å². The number of hydrogen-bond acceptors (Lipinski definition) is 2. The van der Waals surface area contributed by atoms with Crippen LogP contribution in [-0.4, -0.2) is 15.1 Å². The van der Waals surface area contributed by atoms with Crippen molar-refractivity contribution in [2.75, 3.05) is 0 Å². The molecule has 0 amide bonds. The molecule has 0 saturated heterocycles. The van der Waals surface area contributed by atoms with Gasteiger partial charge in [-0.1, -0.05) is 18.2 Å². The fourth-order valence-electron chi connectivity index (χ4n) is 1.99. The molecule has 0 fully saturated rings. The average Bonchev–Trinajstić information content (AvgIpc) is 2.66. The van der Waals surface area contributed by atoms with Gasteiger partial charge >= 0.3 is 0 Å². The van der Waals surface area contributed by atoms with E-state index in [1.165, 1.54) is 5.39 Å². The first-order valence-corrected chi connectivity index (χ1v) is 5.30. The number of aromatic nitrogens is 2. The summed E-state index contributed by atoms with van der Waals surface area (Å²) in [5.41, 5.74) is 2.81. The minimum absolute atomic E-state index is 0.530. The summed E-state index contributed by atoms with van der Waals surface area (Å²) in [7, 11) is 0. The number of nitrogens with one attached hydrogen (secondary N) is 1. The van der Waals surface area contributed by atoms with Crippen LogP contribution >= 0.6 is 0 Å². The Hall–Kier alpha value is -1.87. The molecule has 0 aliphatic rings. The minimum Gasteiger partial charge on any atom is -0.387 e. The normalized spacial score (nSPS) is 13.4. The fourth-order valence-corrected chi connectivity index (χ4v) is 1.99. The maximum absolute atomic E-state index is 9.52. The average molecular weight is 212 g/mol. The van der Waals surface area contributed by atoms with Crippen molar-refractivity contribution in [1.29, 1.82) is 0 Å². The molecule has 1 unspecified atom stereocenters. The molecule has 0 bridgehead atoms. The van der Waals surface area contributed by atoms with Gasteiger partial charge in [-0.3, -0.25) is 4.98 Å². The van der Waals surface area contributed by atoms with Crippen molar-refractivity contribution in [1.82, 2.24) is 9.97 Å². The van der Waals surface area contributed by atoms with Crippen molar-refractivity contribution >= 4 is 21.8 Å². The molecule has 2 aromatic heterocycles. The standard InChI is InChI=1S/C13H12N2O/c1-8(16)12-6-10-9-4-2-3-5-11(9)15-13(10)7-14-12/h2-8,15-16H,1H3. The Bertz CT molecular complexity index is 655. The highest BCUT2D eigenvalue weighted by molar-refractivity contribution is 6.06. The zero-order valence-electron chi connectivity index (χ0n) is 8.94. The van der Waals surface area contributed by atoms with Gasteiger partial charge in [0.2, 0.25) is 0 Å². The van der Waals surface area contributed by atoms with Crippen LogP contribution in [0.3, 0.4) is 0 Å². The molecule has 3 nitrogen and oxygen atoms in total. The van der Waals surface area contributed by atoms with Crippen LogP contribution in [0.5, 0.6) is 0 Å². The van der Waals surface area contributed by atoms with E-state index in [1.807, 2.05) is 24.3 Å². The number of benzene rings is 1. The zero-order chi connectivity index (χ0) is 11.1. The van der Waals surface area contributed by atoms with Crippen molar-refractivity contribution in [2.24, 2.45) is 0 Å². The van der Waals surface area contributed by atoms with Gasteiger partial charge in [-0.2, -0.15) is 0 Å². The van der Waals surface area contributed by atoms with E-state index in [9.17, 15) is 5.11 Å². The molecule has 0 spiro atoms. The Morgan fingerprint density at radius 2 is 2.00 bits per heavy atom. The van der Waals surface area contributed by atoms with Gasteiger partial charge in [0, 0.05) is 16.3 Å². The first-order valence-electron chi connectivity index (χ1n) is 5.30. The highest BCUT2D eigenvalue weighted by Crippen LogP contribution is 2.26. The molecule has 0 saturated carbocycles. The zero-order valence-corrected chi connectivity index (χ0v) is 8.94. The van der Waals surface area contributed by atoms with E-state index in [1.54, 1.807) is 13.1 Å². The van der Waals surface area contributed by atoms with Gasteiger partial charge in [-0.15, -0.1) is 0 Å². The summed E-state index contributed by atoms with van der Waals surface area (Å²) < 4.78 is 0. The summed E-state index contributed by atoms with van der Waals surface area (Å²) >= 11 is 0. The third kappa shape index (κ3) is 1.29. The van der Waals surface area contributed by atoms with Gasteiger partial charge < -0.3 is 10.1 Å². The lowest BCUT2D eigenvalue weighted by molar-refractivity contribution is 0.194. The van der Waals surface area contributed by atoms with Gasteiger partial charge in [0.05, 0.1) is 23.5 Å². The molecule has 1 atom stereocenters. The van der Waals surface area contributed by atoms with Crippen LogP contribution in [0.4, 0.5) is 0 Å². The Kier molecular flexibility index (Phi) is 1.94. The van der Waals surface area contributed by atoms with Crippen molar-refractivity contribution < 1.29 is 5.11 Å². The van der Waals surface area contributed by atoms with Crippen molar-refractivity contribution in [3.63, 3.8) is 0 Å². The first kappa shape index (κ1) is 9.36. The summed E-state index contributed by atoms with van der Waals surface area (Å²) in [6.45, 7) is 1.73. The van der Waals surface area contributed by atoms with Crippen LogP contribution in [0, 0.1) is 0 Å². The van der Waals surface area contributed by atoms with Gasteiger partial charge in [0.15, 0.2) is 0 Å². The van der Waals surface area contributed by atoms with E-state index in [-0.39, 0.29) is 0 Å². The maximum atomic E-state index is 9.52. The lowest BCUT2D eigenvalue weighted by Gasteiger charge is -2.02. The van der Waals surface area contributed by atoms with Crippen LogP contribution in [0.2, 0.25) is 0 Å². The molecule has 2 N–H and O–H groups in total. The van der Waals surface area contributed by atoms with E-state index in [4.69, 9.17) is 0 Å². The van der Waals surface area contributed by atoms with E-state index in [0.29, 0.717) is 5.69 Å². The Morgan fingerprint density at radius 3 is 2.81 bits per heavy atom. The number of pyridine rings is 1. The number of aromatic amines is 1. The number of H-pyrrole nitrogens is 1. The molecule has 3 rings (SSSR count). The Labute approximate surface area is 92.7 Å². The number of hydrogen-bond donors (Lipinski definition) is 2. The maximum Gasteiger partial charge on any atom is 0.0932 e. The molecule has 0 aliphatic heterocycles. The second-order valence-electron chi connectivity index (χ2n) is 4.00. The molecule has 3 heteroatoms. The lowest BCUT2D eigenvalue weighted by Crippen LogP contribution is -1.93. The summed E-state index contributed by atoms with van der Waals surface area (Å²) in [5, 5.41) is 11.8. The van der Waals surface area contributed by atoms with Gasteiger partial charge in [0.25, 0.3) is 0 Å². The second-order valence-corrected chi connectivity index (χ2v) is 4.00. The molecule has 2 heterocycles. The molecule has 0 aliphatic carbocycles.